The molecule has 0 fully saturated rings. The molecule has 0 aliphatic carbocycles. The molecule has 1 heterocycles. The average Bonchev–Trinajstić information content (AvgIpc) is 2.14. The summed E-state index contributed by atoms with van der Waals surface area (Å²) in [5.41, 5.74) is 2.15. The van der Waals surface area contributed by atoms with Crippen LogP contribution >= 0.6 is 0 Å². The fourth-order valence-electron chi connectivity index (χ4n) is 0.471. The molecular weight excluding hydrogens is 100 g/mol. The minimum atomic E-state index is 0.862. The quantitative estimate of drug-likeness (QED) is 0.342. The second kappa shape index (κ2) is 1.94. The largest absolute Gasteiger partial charge is 0.219 e. The average molecular weight is 106 g/mol. The minimum absolute atomic E-state index is 0.862. The lowest BCUT2D eigenvalue weighted by molar-refractivity contribution is 1.87. The Hall–Kier alpha value is -0.563. The minimum Gasteiger partial charge on any atom is -0.0790 e. The van der Waals surface area contributed by atoms with Crippen LogP contribution in [0.5, 0.6) is 0 Å². The summed E-state index contributed by atoms with van der Waals surface area (Å²) in [4.78, 5) is 0. The highest BCUT2D eigenvalue weighted by molar-refractivity contribution is 6.59. The highest BCUT2D eigenvalue weighted by Crippen LogP contribution is 1.95. The smallest absolute Gasteiger partial charge is 0.0790 e. The molecule has 0 unspecified atom stereocenters. The van der Waals surface area contributed by atoms with Gasteiger partial charge in [-0.2, -0.15) is 0 Å². The number of rotatable bonds is 1. The van der Waals surface area contributed by atoms with Gasteiger partial charge < -0.3 is 0 Å². The third kappa shape index (κ3) is 0.902. The van der Waals surface area contributed by atoms with Crippen LogP contribution in [0, 0.1) is 6.42 Å². The van der Waals surface area contributed by atoms with Gasteiger partial charge in [-0.25, -0.2) is 0 Å². The number of allylic oxidation sites excluding steroid dienone is 3. The maximum atomic E-state index is 3.64. The molecule has 0 spiro atoms. The molecule has 1 rings (SSSR count). The first kappa shape index (κ1) is 4.59. The van der Waals surface area contributed by atoms with Gasteiger partial charge in [-0.1, -0.05) is 6.58 Å². The molecular formula is C6H6Si+. The van der Waals surface area contributed by atoms with Crippen LogP contribution in [0.25, 0.3) is 0 Å². The van der Waals surface area contributed by atoms with Crippen molar-refractivity contribution in [3.8, 4) is 0 Å². The van der Waals surface area contributed by atoms with Gasteiger partial charge in [-0.15, -0.1) is 0 Å². The second-order valence-corrected chi connectivity index (χ2v) is 2.53. The topological polar surface area (TPSA) is 0 Å². The van der Waals surface area contributed by atoms with E-state index in [9.17, 15) is 0 Å². The summed E-state index contributed by atoms with van der Waals surface area (Å²) in [5, 5.41) is 1.35. The Balaban J connectivity index is 2.69. The van der Waals surface area contributed by atoms with E-state index in [1.54, 1.807) is 0 Å². The maximum Gasteiger partial charge on any atom is 0.219 e. The fourth-order valence-corrected chi connectivity index (χ4v) is 1.17. The van der Waals surface area contributed by atoms with Crippen molar-refractivity contribution in [3.63, 3.8) is 0 Å². The summed E-state index contributed by atoms with van der Waals surface area (Å²) >= 11 is 0. The zero-order chi connectivity index (χ0) is 5.11. The molecule has 0 N–H and O–H groups in total. The first-order chi connectivity index (χ1) is 3.43. The van der Waals surface area contributed by atoms with Gasteiger partial charge in [0.05, 0.1) is 17.7 Å². The van der Waals surface area contributed by atoms with E-state index in [1.165, 1.54) is 5.20 Å². The Kier molecular flexibility index (Phi) is 1.27. The molecule has 0 nitrogen and oxygen atoms in total. The first-order valence-electron chi connectivity index (χ1n) is 2.19. The first-order valence-corrected chi connectivity index (χ1v) is 3.27. The van der Waals surface area contributed by atoms with Crippen LogP contribution in [0.1, 0.15) is 0 Å². The zero-order valence-electron chi connectivity index (χ0n) is 4.02. The predicted octanol–water partition coefficient (Wildman–Crippen LogP) is 0.781. The fraction of sp³-hybridized carbons (Fsp3) is 0. The van der Waals surface area contributed by atoms with E-state index in [0.717, 1.165) is 9.13 Å². The Morgan fingerprint density at radius 1 is 1.86 bits per heavy atom. The molecule has 0 aromatic heterocycles. The van der Waals surface area contributed by atoms with Gasteiger partial charge in [0.1, 0.15) is 0 Å². The van der Waals surface area contributed by atoms with E-state index in [1.807, 2.05) is 6.08 Å². The van der Waals surface area contributed by atoms with Gasteiger partial charge in [0, 0.05) is 11.7 Å². The summed E-state index contributed by atoms with van der Waals surface area (Å²) in [7, 11) is 0.862. The third-order valence-corrected chi connectivity index (χ3v) is 1.91. The van der Waals surface area contributed by atoms with Crippen LogP contribution in [0.2, 0.25) is 0 Å². The SMILES string of the molecule is C=CC1=C[CH+]C=[Si]1. The van der Waals surface area contributed by atoms with Gasteiger partial charge in [-0.3, -0.25) is 0 Å². The predicted molar refractivity (Wildman–Crippen MR) is 34.4 cm³/mol. The van der Waals surface area contributed by atoms with Crippen LogP contribution < -0.4 is 0 Å². The van der Waals surface area contributed by atoms with Gasteiger partial charge in [0.15, 0.2) is 0 Å². The molecule has 0 saturated heterocycles. The van der Waals surface area contributed by atoms with Crippen LogP contribution in [-0.2, 0) is 0 Å². The summed E-state index contributed by atoms with van der Waals surface area (Å²) in [6.07, 6.45) is 6.05. The summed E-state index contributed by atoms with van der Waals surface area (Å²) < 4.78 is 0. The Labute approximate surface area is 46.0 Å². The van der Waals surface area contributed by atoms with E-state index < -0.39 is 0 Å². The Morgan fingerprint density at radius 3 is 3.00 bits per heavy atom. The normalized spacial score (nSPS) is 15.7. The maximum absolute atomic E-state index is 3.64. The Bertz CT molecular complexity index is 131. The standard InChI is InChI=1S/C6H6Si/c1-2-6-4-3-5-7-6/h2-5H,1H2/q+1. The molecule has 0 saturated carbocycles. The van der Waals surface area contributed by atoms with E-state index >= 15 is 0 Å². The van der Waals surface area contributed by atoms with Crippen molar-refractivity contribution < 1.29 is 0 Å². The molecule has 1 aliphatic rings. The van der Waals surface area contributed by atoms with Gasteiger partial charge in [-0.05, 0) is 0 Å². The van der Waals surface area contributed by atoms with Crippen LogP contribution in [0.3, 0.4) is 0 Å². The number of hydrogen-bond donors (Lipinski definition) is 0. The lowest BCUT2D eigenvalue weighted by Crippen LogP contribution is -1.74. The van der Waals surface area contributed by atoms with Gasteiger partial charge >= 0.3 is 0 Å². The Morgan fingerprint density at radius 2 is 2.71 bits per heavy atom. The van der Waals surface area contributed by atoms with E-state index in [4.69, 9.17) is 0 Å². The van der Waals surface area contributed by atoms with Crippen LogP contribution in [0.15, 0.2) is 23.9 Å². The highest BCUT2D eigenvalue weighted by atomic mass is 28.2. The summed E-state index contributed by atoms with van der Waals surface area (Å²) in [6, 6.07) is 0. The van der Waals surface area contributed by atoms with E-state index in [0.29, 0.717) is 0 Å². The highest BCUT2D eigenvalue weighted by Gasteiger charge is 2.01. The lowest BCUT2D eigenvalue weighted by atomic mass is 10.4. The summed E-state index contributed by atoms with van der Waals surface area (Å²) in [6.45, 7) is 3.64. The molecule has 7 heavy (non-hydrogen) atoms. The van der Waals surface area contributed by atoms with Crippen molar-refractivity contribution in [2.24, 2.45) is 0 Å². The molecule has 1 aliphatic heterocycles. The van der Waals surface area contributed by atoms with Crippen molar-refractivity contribution in [2.75, 3.05) is 0 Å². The molecule has 1 radical (unpaired) electrons. The van der Waals surface area contributed by atoms with Crippen molar-refractivity contribution in [2.45, 2.75) is 0 Å². The second-order valence-electron chi connectivity index (χ2n) is 1.33. The molecule has 33 valence electrons. The van der Waals surface area contributed by atoms with Crippen LogP contribution in [-0.4, -0.2) is 14.8 Å². The van der Waals surface area contributed by atoms with Gasteiger partial charge in [0.25, 0.3) is 0 Å². The molecule has 0 amide bonds. The monoisotopic (exact) mass is 106 g/mol. The molecule has 0 atom stereocenters. The number of hydrogen-bond acceptors (Lipinski definition) is 0. The molecule has 0 aromatic rings. The van der Waals surface area contributed by atoms with Gasteiger partial charge in [0.2, 0.25) is 9.13 Å². The third-order valence-electron chi connectivity index (χ3n) is 0.842. The van der Waals surface area contributed by atoms with E-state index in [2.05, 4.69) is 24.7 Å². The van der Waals surface area contributed by atoms with Crippen molar-refractivity contribution >= 4 is 14.8 Å². The lowest BCUT2D eigenvalue weighted by Gasteiger charge is -1.64. The molecule has 0 bridgehead atoms. The van der Waals surface area contributed by atoms with Crippen LogP contribution in [0.4, 0.5) is 0 Å². The molecule has 0 aromatic carbocycles. The molecule has 1 heteroatoms. The van der Waals surface area contributed by atoms with Crippen molar-refractivity contribution in [1.82, 2.24) is 0 Å². The summed E-state index contributed by atoms with van der Waals surface area (Å²) in [5.74, 6) is 0. The van der Waals surface area contributed by atoms with E-state index in [-0.39, 0.29) is 0 Å². The van der Waals surface area contributed by atoms with Crippen molar-refractivity contribution in [1.29, 1.82) is 0 Å². The zero-order valence-corrected chi connectivity index (χ0v) is 5.02. The van der Waals surface area contributed by atoms with Crippen molar-refractivity contribution in [3.05, 3.63) is 30.3 Å².